The SMILES string of the molecule is CC1C=C(C2c3[nH]c4ccc(Cl)cc4c3CCN2C(=O)Oc2ccc(F)cc2)C=CC1OCCC(O)CO. The zero-order valence-electron chi connectivity index (χ0n) is 20.9. The lowest BCUT2D eigenvalue weighted by Crippen LogP contribution is -2.42. The normalized spacial score (nSPS) is 21.8. The zero-order chi connectivity index (χ0) is 26.8. The Kier molecular flexibility index (Phi) is 7.85. The first-order valence-electron chi connectivity index (χ1n) is 12.7. The van der Waals surface area contributed by atoms with Gasteiger partial charge in [-0.3, -0.25) is 4.90 Å². The maximum atomic E-state index is 13.4. The van der Waals surface area contributed by atoms with Crippen molar-refractivity contribution in [3.8, 4) is 5.75 Å². The molecule has 0 spiro atoms. The lowest BCUT2D eigenvalue weighted by atomic mass is 9.86. The van der Waals surface area contributed by atoms with Crippen molar-refractivity contribution in [3.63, 3.8) is 0 Å². The minimum atomic E-state index is -0.805. The Hall–Kier alpha value is -3.17. The van der Waals surface area contributed by atoms with Crippen LogP contribution in [-0.2, 0) is 11.2 Å². The number of hydrogen-bond acceptors (Lipinski definition) is 5. The largest absolute Gasteiger partial charge is 0.416 e. The van der Waals surface area contributed by atoms with Gasteiger partial charge in [0.25, 0.3) is 0 Å². The monoisotopic (exact) mass is 540 g/mol. The van der Waals surface area contributed by atoms with Crippen LogP contribution in [0.2, 0.25) is 5.02 Å². The fourth-order valence-corrected chi connectivity index (χ4v) is 5.29. The molecular weight excluding hydrogens is 511 g/mol. The first kappa shape index (κ1) is 26.4. The number of aromatic nitrogens is 1. The number of aliphatic hydroxyl groups excluding tert-OH is 2. The summed E-state index contributed by atoms with van der Waals surface area (Å²) in [4.78, 5) is 18.6. The summed E-state index contributed by atoms with van der Waals surface area (Å²) in [6.45, 7) is 2.48. The standard InChI is InChI=1S/C29H30ClFN2O5/c1-17-14-18(2-9-26(17)37-13-11-21(35)16-34)28-27-23(24-15-19(30)3-8-25(24)32-27)10-12-33(28)29(36)38-22-6-4-20(31)5-7-22/h2-9,14-15,17,21,26,28,32,34-35H,10-13,16H2,1H3. The number of nitrogens with zero attached hydrogens (tertiary/aromatic N) is 1. The highest BCUT2D eigenvalue weighted by atomic mass is 35.5. The molecule has 1 aromatic heterocycles. The van der Waals surface area contributed by atoms with Crippen LogP contribution in [0.4, 0.5) is 9.18 Å². The minimum absolute atomic E-state index is 0.000405. The molecule has 2 aromatic carbocycles. The van der Waals surface area contributed by atoms with Crippen molar-refractivity contribution < 1.29 is 28.9 Å². The van der Waals surface area contributed by atoms with Crippen molar-refractivity contribution in [3.05, 3.63) is 88.4 Å². The van der Waals surface area contributed by atoms with Gasteiger partial charge in [0.2, 0.25) is 0 Å². The second kappa shape index (κ2) is 11.3. The van der Waals surface area contributed by atoms with Crippen LogP contribution in [0.5, 0.6) is 5.75 Å². The summed E-state index contributed by atoms with van der Waals surface area (Å²) in [6, 6.07) is 10.6. The molecule has 0 saturated carbocycles. The maximum Gasteiger partial charge on any atom is 0.416 e. The minimum Gasteiger partial charge on any atom is -0.410 e. The molecule has 0 fully saturated rings. The van der Waals surface area contributed by atoms with Gasteiger partial charge in [0.15, 0.2) is 0 Å². The number of carbonyl (C=O) groups is 1. The van der Waals surface area contributed by atoms with E-state index in [1.54, 1.807) is 4.90 Å². The quantitative estimate of drug-likeness (QED) is 0.377. The molecule has 4 atom stereocenters. The summed E-state index contributed by atoms with van der Waals surface area (Å²) in [6.07, 6.45) is 5.44. The van der Waals surface area contributed by atoms with E-state index in [-0.39, 0.29) is 24.4 Å². The second-order valence-corrected chi connectivity index (χ2v) is 10.2. The molecule has 0 radical (unpaired) electrons. The van der Waals surface area contributed by atoms with Crippen LogP contribution in [-0.4, -0.2) is 58.2 Å². The van der Waals surface area contributed by atoms with Gasteiger partial charge in [-0.25, -0.2) is 9.18 Å². The summed E-state index contributed by atoms with van der Waals surface area (Å²) in [5.41, 5.74) is 3.87. The molecule has 200 valence electrons. The van der Waals surface area contributed by atoms with Gasteiger partial charge in [-0.1, -0.05) is 36.8 Å². The predicted octanol–water partition coefficient (Wildman–Crippen LogP) is 5.32. The summed E-state index contributed by atoms with van der Waals surface area (Å²) >= 11 is 6.30. The summed E-state index contributed by atoms with van der Waals surface area (Å²) in [5, 5.41) is 20.3. The van der Waals surface area contributed by atoms with E-state index in [9.17, 15) is 14.3 Å². The highest BCUT2D eigenvalue weighted by Crippen LogP contribution is 2.41. The van der Waals surface area contributed by atoms with Crippen molar-refractivity contribution in [1.29, 1.82) is 0 Å². The number of carbonyl (C=O) groups excluding carboxylic acids is 1. The smallest absolute Gasteiger partial charge is 0.410 e. The lowest BCUT2D eigenvalue weighted by molar-refractivity contribution is 0.0186. The number of benzene rings is 2. The van der Waals surface area contributed by atoms with E-state index in [1.807, 2.05) is 37.3 Å². The molecule has 4 unspecified atom stereocenters. The molecule has 0 saturated heterocycles. The van der Waals surface area contributed by atoms with E-state index < -0.39 is 24.1 Å². The van der Waals surface area contributed by atoms with Crippen LogP contribution in [0.1, 0.15) is 30.6 Å². The first-order valence-corrected chi connectivity index (χ1v) is 13.1. The van der Waals surface area contributed by atoms with Crippen LogP contribution < -0.4 is 4.74 Å². The van der Waals surface area contributed by atoms with Crippen LogP contribution in [0.25, 0.3) is 10.9 Å². The molecule has 9 heteroatoms. The maximum absolute atomic E-state index is 13.4. The predicted molar refractivity (Wildman–Crippen MR) is 143 cm³/mol. The Labute approximate surface area is 225 Å². The third kappa shape index (κ3) is 5.49. The van der Waals surface area contributed by atoms with Gasteiger partial charge in [-0.15, -0.1) is 0 Å². The zero-order valence-corrected chi connectivity index (χ0v) is 21.7. The third-order valence-electron chi connectivity index (χ3n) is 7.08. The number of aliphatic hydroxyl groups is 2. The van der Waals surface area contributed by atoms with Gasteiger partial charge in [-0.05, 0) is 66.4 Å². The van der Waals surface area contributed by atoms with Gasteiger partial charge in [0.1, 0.15) is 17.6 Å². The Balaban J connectivity index is 1.45. The molecule has 1 aliphatic heterocycles. The molecular formula is C29H30ClFN2O5. The number of nitrogens with one attached hydrogen (secondary N) is 1. The average molecular weight is 541 g/mol. The van der Waals surface area contributed by atoms with Crippen LogP contribution in [0.3, 0.4) is 0 Å². The van der Waals surface area contributed by atoms with E-state index in [1.165, 1.54) is 24.3 Å². The fourth-order valence-electron chi connectivity index (χ4n) is 5.12. The van der Waals surface area contributed by atoms with E-state index in [0.717, 1.165) is 27.7 Å². The molecule has 38 heavy (non-hydrogen) atoms. The van der Waals surface area contributed by atoms with Gasteiger partial charge in [-0.2, -0.15) is 0 Å². The van der Waals surface area contributed by atoms with Gasteiger partial charge in [0, 0.05) is 40.7 Å². The molecule has 3 N–H and O–H groups in total. The number of fused-ring (bicyclic) bond motifs is 3. The van der Waals surface area contributed by atoms with Crippen LogP contribution in [0.15, 0.2) is 66.3 Å². The van der Waals surface area contributed by atoms with Crippen molar-refractivity contribution in [2.75, 3.05) is 19.8 Å². The molecule has 5 rings (SSSR count). The number of halogens is 2. The van der Waals surface area contributed by atoms with E-state index in [0.29, 0.717) is 31.0 Å². The number of H-pyrrole nitrogens is 1. The van der Waals surface area contributed by atoms with Crippen LogP contribution >= 0.6 is 11.6 Å². The molecule has 2 heterocycles. The highest BCUT2D eigenvalue weighted by molar-refractivity contribution is 6.31. The molecule has 0 bridgehead atoms. The van der Waals surface area contributed by atoms with Crippen molar-refractivity contribution in [2.24, 2.45) is 5.92 Å². The number of rotatable bonds is 7. The summed E-state index contributed by atoms with van der Waals surface area (Å²) in [7, 11) is 0. The molecule has 1 aliphatic carbocycles. The molecule has 7 nitrogen and oxygen atoms in total. The summed E-state index contributed by atoms with van der Waals surface area (Å²) in [5.74, 6) is -0.138. The Morgan fingerprint density at radius 3 is 2.79 bits per heavy atom. The molecule has 2 aliphatic rings. The number of hydrogen-bond donors (Lipinski definition) is 3. The van der Waals surface area contributed by atoms with Gasteiger partial charge >= 0.3 is 6.09 Å². The molecule has 1 amide bonds. The third-order valence-corrected chi connectivity index (χ3v) is 7.32. The molecule has 3 aromatic rings. The fraction of sp³-hybridized carbons (Fsp3) is 0.345. The van der Waals surface area contributed by atoms with Crippen molar-refractivity contribution in [1.82, 2.24) is 9.88 Å². The Bertz CT molecular complexity index is 1370. The average Bonchev–Trinajstić information content (AvgIpc) is 3.28. The first-order chi connectivity index (χ1) is 18.3. The van der Waals surface area contributed by atoms with E-state index in [4.69, 9.17) is 26.2 Å². The van der Waals surface area contributed by atoms with Crippen LogP contribution in [0, 0.1) is 11.7 Å². The Morgan fingerprint density at radius 1 is 1.26 bits per heavy atom. The highest BCUT2D eigenvalue weighted by Gasteiger charge is 2.37. The lowest BCUT2D eigenvalue weighted by Gasteiger charge is -2.37. The number of ether oxygens (including phenoxy) is 2. The summed E-state index contributed by atoms with van der Waals surface area (Å²) < 4.78 is 24.9. The number of amides is 1. The van der Waals surface area contributed by atoms with Crippen molar-refractivity contribution >= 4 is 28.6 Å². The van der Waals surface area contributed by atoms with Gasteiger partial charge < -0.3 is 24.7 Å². The van der Waals surface area contributed by atoms with E-state index in [2.05, 4.69) is 11.1 Å². The van der Waals surface area contributed by atoms with Crippen molar-refractivity contribution in [2.45, 2.75) is 38.0 Å². The topological polar surface area (TPSA) is 95.0 Å². The second-order valence-electron chi connectivity index (χ2n) is 9.72. The van der Waals surface area contributed by atoms with Gasteiger partial charge in [0.05, 0.1) is 18.8 Å². The number of aromatic amines is 1. The Morgan fingerprint density at radius 2 is 2.05 bits per heavy atom. The van der Waals surface area contributed by atoms with E-state index >= 15 is 0 Å².